The van der Waals surface area contributed by atoms with Gasteiger partial charge < -0.3 is 19.8 Å². The molecule has 33 heavy (non-hydrogen) atoms. The first kappa shape index (κ1) is 22.9. The van der Waals surface area contributed by atoms with Crippen molar-refractivity contribution in [2.45, 2.75) is 64.0 Å². The van der Waals surface area contributed by atoms with Crippen LogP contribution in [0.4, 0.5) is 0 Å². The number of ether oxygens (including phenoxy) is 1. The molecule has 2 fully saturated rings. The van der Waals surface area contributed by atoms with Gasteiger partial charge in [0, 0.05) is 17.2 Å². The molecule has 1 aliphatic carbocycles. The summed E-state index contributed by atoms with van der Waals surface area (Å²) >= 11 is 0. The van der Waals surface area contributed by atoms with E-state index in [4.69, 9.17) is 4.74 Å². The highest BCUT2D eigenvalue weighted by Gasteiger charge is 2.49. The highest BCUT2D eigenvalue weighted by molar-refractivity contribution is 6.46. The summed E-state index contributed by atoms with van der Waals surface area (Å²) in [5, 5.41) is 21.5. The minimum Gasteiger partial charge on any atom is -0.508 e. The number of rotatable bonds is 4. The van der Waals surface area contributed by atoms with Crippen LogP contribution in [0.15, 0.2) is 48.0 Å². The Morgan fingerprint density at radius 1 is 1.06 bits per heavy atom. The van der Waals surface area contributed by atoms with E-state index in [2.05, 4.69) is 0 Å². The molecule has 1 unspecified atom stereocenters. The number of amides is 1. The number of aliphatic hydroxyl groups is 1. The van der Waals surface area contributed by atoms with Crippen LogP contribution in [0.5, 0.6) is 11.5 Å². The van der Waals surface area contributed by atoms with Crippen LogP contribution < -0.4 is 4.74 Å². The highest BCUT2D eigenvalue weighted by atomic mass is 16.5. The maximum atomic E-state index is 13.3. The molecule has 6 heteroatoms. The topological polar surface area (TPSA) is 87.1 Å². The Kier molecular flexibility index (Phi) is 5.95. The van der Waals surface area contributed by atoms with Gasteiger partial charge in [-0.15, -0.1) is 0 Å². The standard InChI is InChI=1S/C27H31NO5/c1-27(2,3)20-15-17(12-13-21(20)33-4)24(30)22-23(16-8-7-11-19(29)14-16)28(26(32)25(22)31)18-9-5-6-10-18/h7-8,11-15,18,23,29-30H,5-6,9-10H2,1-4H3/b24-22-. The van der Waals surface area contributed by atoms with Gasteiger partial charge in [-0.1, -0.05) is 45.7 Å². The van der Waals surface area contributed by atoms with Crippen LogP contribution in [0, 0.1) is 0 Å². The Bertz CT molecular complexity index is 1120. The van der Waals surface area contributed by atoms with Gasteiger partial charge in [-0.3, -0.25) is 9.59 Å². The zero-order valence-corrected chi connectivity index (χ0v) is 19.6. The molecule has 0 aromatic heterocycles. The molecule has 174 valence electrons. The number of benzene rings is 2. The molecule has 1 saturated heterocycles. The van der Waals surface area contributed by atoms with Crippen molar-refractivity contribution in [1.82, 2.24) is 4.90 Å². The van der Waals surface area contributed by atoms with Gasteiger partial charge in [0.2, 0.25) is 0 Å². The van der Waals surface area contributed by atoms with Crippen LogP contribution in [0.1, 0.15) is 69.2 Å². The number of phenols is 1. The summed E-state index contributed by atoms with van der Waals surface area (Å²) in [6.07, 6.45) is 3.62. The van der Waals surface area contributed by atoms with E-state index in [9.17, 15) is 19.8 Å². The fraction of sp³-hybridized carbons (Fsp3) is 0.407. The number of hydrogen-bond donors (Lipinski definition) is 2. The van der Waals surface area contributed by atoms with Crippen LogP contribution in [-0.2, 0) is 15.0 Å². The second-order valence-electron chi connectivity index (χ2n) is 9.90. The molecule has 1 amide bonds. The average molecular weight is 450 g/mol. The van der Waals surface area contributed by atoms with Crippen LogP contribution in [0.2, 0.25) is 0 Å². The predicted molar refractivity (Wildman–Crippen MR) is 126 cm³/mol. The monoisotopic (exact) mass is 449 g/mol. The van der Waals surface area contributed by atoms with Gasteiger partial charge in [0.15, 0.2) is 0 Å². The summed E-state index contributed by atoms with van der Waals surface area (Å²) in [4.78, 5) is 28.1. The molecule has 2 N–H and O–H groups in total. The number of carbonyl (C=O) groups is 2. The highest BCUT2D eigenvalue weighted by Crippen LogP contribution is 2.44. The molecule has 1 aliphatic heterocycles. The lowest BCUT2D eigenvalue weighted by Crippen LogP contribution is -2.37. The Balaban J connectivity index is 1.91. The van der Waals surface area contributed by atoms with Crippen molar-refractivity contribution in [2.75, 3.05) is 7.11 Å². The third-order valence-corrected chi connectivity index (χ3v) is 6.67. The molecule has 6 nitrogen and oxygen atoms in total. The van der Waals surface area contributed by atoms with E-state index >= 15 is 0 Å². The number of aliphatic hydroxyl groups excluding tert-OH is 1. The van der Waals surface area contributed by atoms with Crippen molar-refractivity contribution in [3.8, 4) is 11.5 Å². The van der Waals surface area contributed by atoms with E-state index in [-0.39, 0.29) is 28.5 Å². The summed E-state index contributed by atoms with van der Waals surface area (Å²) in [7, 11) is 1.60. The fourth-order valence-corrected chi connectivity index (χ4v) is 5.03. The van der Waals surface area contributed by atoms with Crippen molar-refractivity contribution >= 4 is 17.4 Å². The Hall–Kier alpha value is -3.28. The second kappa shape index (κ2) is 8.58. The number of aromatic hydroxyl groups is 1. The molecule has 2 aliphatic rings. The lowest BCUT2D eigenvalue weighted by molar-refractivity contribution is -0.141. The largest absolute Gasteiger partial charge is 0.508 e. The average Bonchev–Trinajstić information content (AvgIpc) is 3.39. The van der Waals surface area contributed by atoms with Gasteiger partial charge in [0.05, 0.1) is 18.7 Å². The van der Waals surface area contributed by atoms with Gasteiger partial charge in [-0.2, -0.15) is 0 Å². The van der Waals surface area contributed by atoms with Gasteiger partial charge in [-0.05, 0) is 54.2 Å². The van der Waals surface area contributed by atoms with Crippen LogP contribution in [0.3, 0.4) is 0 Å². The first-order valence-electron chi connectivity index (χ1n) is 11.4. The molecular weight excluding hydrogens is 418 g/mol. The Morgan fingerprint density at radius 2 is 1.76 bits per heavy atom. The first-order chi connectivity index (χ1) is 15.6. The Morgan fingerprint density at radius 3 is 2.36 bits per heavy atom. The van der Waals surface area contributed by atoms with Gasteiger partial charge >= 0.3 is 0 Å². The van der Waals surface area contributed by atoms with Gasteiger partial charge in [0.25, 0.3) is 11.7 Å². The second-order valence-corrected chi connectivity index (χ2v) is 9.90. The number of hydrogen-bond acceptors (Lipinski definition) is 5. The summed E-state index contributed by atoms with van der Waals surface area (Å²) in [6.45, 7) is 6.13. The number of carbonyl (C=O) groups excluding carboxylic acids is 2. The summed E-state index contributed by atoms with van der Waals surface area (Å²) in [5.41, 5.74) is 1.74. The van der Waals surface area contributed by atoms with Crippen LogP contribution in [0.25, 0.3) is 5.76 Å². The number of Topliss-reactive ketones (excluding diaryl/α,β-unsaturated/α-hetero) is 1. The van der Waals surface area contributed by atoms with Crippen molar-refractivity contribution in [3.05, 3.63) is 64.7 Å². The minimum absolute atomic E-state index is 0.0453. The van der Waals surface area contributed by atoms with E-state index in [0.29, 0.717) is 16.9 Å². The fourth-order valence-electron chi connectivity index (χ4n) is 5.03. The first-order valence-corrected chi connectivity index (χ1v) is 11.4. The lowest BCUT2D eigenvalue weighted by atomic mass is 9.84. The number of phenolic OH excluding ortho intramolecular Hbond substituents is 1. The van der Waals surface area contributed by atoms with Gasteiger partial charge in [0.1, 0.15) is 17.3 Å². The molecular formula is C27H31NO5. The number of nitrogens with zero attached hydrogens (tertiary/aromatic N) is 1. The summed E-state index contributed by atoms with van der Waals surface area (Å²) in [6, 6.07) is 11.0. The predicted octanol–water partition coefficient (Wildman–Crippen LogP) is 5.06. The molecule has 1 heterocycles. The molecule has 2 aromatic rings. The van der Waals surface area contributed by atoms with E-state index in [1.165, 1.54) is 0 Å². The SMILES string of the molecule is COc1ccc(/C(O)=C2/C(=O)C(=O)N(C3CCCC3)C2c2cccc(O)c2)cc1C(C)(C)C. The lowest BCUT2D eigenvalue weighted by Gasteiger charge is -2.31. The normalized spacial score (nSPS) is 21.1. The molecule has 0 bridgehead atoms. The van der Waals surface area contributed by atoms with E-state index in [1.807, 2.05) is 26.8 Å². The van der Waals surface area contributed by atoms with Crippen LogP contribution >= 0.6 is 0 Å². The van der Waals surface area contributed by atoms with E-state index < -0.39 is 17.7 Å². The van der Waals surface area contributed by atoms with E-state index in [0.717, 1.165) is 31.2 Å². The van der Waals surface area contributed by atoms with Crippen molar-refractivity contribution in [3.63, 3.8) is 0 Å². The minimum atomic E-state index is -0.750. The zero-order chi connectivity index (χ0) is 23.9. The van der Waals surface area contributed by atoms with Crippen molar-refractivity contribution in [1.29, 1.82) is 0 Å². The third kappa shape index (κ3) is 4.10. The molecule has 0 spiro atoms. The van der Waals surface area contributed by atoms with E-state index in [1.54, 1.807) is 48.4 Å². The number of methoxy groups -OCH3 is 1. The summed E-state index contributed by atoms with van der Waals surface area (Å²) < 4.78 is 5.50. The molecule has 2 aromatic carbocycles. The number of ketones is 1. The third-order valence-electron chi connectivity index (χ3n) is 6.67. The maximum Gasteiger partial charge on any atom is 0.295 e. The Labute approximate surface area is 194 Å². The smallest absolute Gasteiger partial charge is 0.295 e. The van der Waals surface area contributed by atoms with Crippen LogP contribution in [-0.4, -0.2) is 40.0 Å². The maximum absolute atomic E-state index is 13.3. The quantitative estimate of drug-likeness (QED) is 0.387. The van der Waals surface area contributed by atoms with Crippen molar-refractivity contribution < 1.29 is 24.5 Å². The summed E-state index contributed by atoms with van der Waals surface area (Å²) in [5.74, 6) is -0.767. The van der Waals surface area contributed by atoms with Gasteiger partial charge in [-0.25, -0.2) is 0 Å². The number of likely N-dealkylation sites (tertiary alicyclic amines) is 1. The molecule has 1 atom stereocenters. The molecule has 0 radical (unpaired) electrons. The van der Waals surface area contributed by atoms with Crippen molar-refractivity contribution in [2.24, 2.45) is 0 Å². The molecule has 4 rings (SSSR count). The zero-order valence-electron chi connectivity index (χ0n) is 19.6. The molecule has 1 saturated carbocycles.